The Bertz CT molecular complexity index is 1100. The summed E-state index contributed by atoms with van der Waals surface area (Å²) in [5.74, 6) is 0.279. The minimum Gasteiger partial charge on any atom is -0.336 e. The van der Waals surface area contributed by atoms with Crippen LogP contribution in [0.15, 0.2) is 42.6 Å². The second kappa shape index (κ2) is 8.63. The number of piperidine rings is 1. The Kier molecular flexibility index (Phi) is 5.75. The van der Waals surface area contributed by atoms with Gasteiger partial charge in [0.2, 0.25) is 11.7 Å². The highest BCUT2D eigenvalue weighted by atomic mass is 19.1. The maximum Gasteiger partial charge on any atom is 0.293 e. The van der Waals surface area contributed by atoms with Crippen molar-refractivity contribution in [2.45, 2.75) is 26.7 Å². The summed E-state index contributed by atoms with van der Waals surface area (Å²) in [4.78, 5) is 35.5. The van der Waals surface area contributed by atoms with Gasteiger partial charge in [-0.25, -0.2) is 19.0 Å². The van der Waals surface area contributed by atoms with Gasteiger partial charge in [-0.2, -0.15) is 0 Å². The van der Waals surface area contributed by atoms with E-state index >= 15 is 0 Å². The van der Waals surface area contributed by atoms with E-state index in [0.29, 0.717) is 43.3 Å². The maximum atomic E-state index is 13.2. The van der Waals surface area contributed by atoms with Gasteiger partial charge in [-0.05, 0) is 68.7 Å². The Morgan fingerprint density at radius 1 is 1.10 bits per heavy atom. The lowest BCUT2D eigenvalue weighted by molar-refractivity contribution is -0.121. The van der Waals surface area contributed by atoms with Crippen LogP contribution in [-0.2, 0) is 4.79 Å². The number of pyridine rings is 1. The molecule has 0 atom stereocenters. The third-order valence-corrected chi connectivity index (χ3v) is 5.35. The third kappa shape index (κ3) is 4.60. The zero-order chi connectivity index (χ0) is 22.0. The molecule has 1 aromatic carbocycles. The van der Waals surface area contributed by atoms with Gasteiger partial charge in [0.05, 0.1) is 5.69 Å². The predicted molar refractivity (Wildman–Crippen MR) is 112 cm³/mol. The van der Waals surface area contributed by atoms with E-state index < -0.39 is 0 Å². The first-order valence-corrected chi connectivity index (χ1v) is 10.1. The zero-order valence-corrected chi connectivity index (χ0v) is 17.4. The van der Waals surface area contributed by atoms with Crippen LogP contribution in [0, 0.1) is 25.6 Å². The summed E-state index contributed by atoms with van der Waals surface area (Å²) >= 11 is 0. The van der Waals surface area contributed by atoms with Crippen molar-refractivity contribution in [3.63, 3.8) is 0 Å². The highest BCUT2D eigenvalue weighted by Crippen LogP contribution is 2.21. The normalized spacial score (nSPS) is 14.5. The average Bonchev–Trinajstić information content (AvgIpc) is 3.15. The van der Waals surface area contributed by atoms with Crippen molar-refractivity contribution in [1.29, 1.82) is 0 Å². The molecule has 31 heavy (non-hydrogen) atoms. The smallest absolute Gasteiger partial charge is 0.293 e. The summed E-state index contributed by atoms with van der Waals surface area (Å²) in [6.07, 6.45) is 2.77. The van der Waals surface area contributed by atoms with E-state index in [2.05, 4.69) is 20.4 Å². The number of aromatic nitrogens is 4. The molecule has 0 spiro atoms. The third-order valence-electron chi connectivity index (χ3n) is 5.35. The Labute approximate surface area is 179 Å². The SMILES string of the molecule is Cc1ccnc(NC(=O)C2CCN(C(=O)c3nc(C)n(-c4ccc(F)cc4)n3)CC2)c1. The molecule has 0 radical (unpaired) electrons. The van der Waals surface area contributed by atoms with Gasteiger partial charge < -0.3 is 10.2 Å². The summed E-state index contributed by atoms with van der Waals surface area (Å²) in [7, 11) is 0. The number of likely N-dealkylation sites (tertiary alicyclic amines) is 1. The molecule has 9 heteroatoms. The van der Waals surface area contributed by atoms with Crippen LogP contribution < -0.4 is 5.32 Å². The largest absolute Gasteiger partial charge is 0.336 e. The lowest BCUT2D eigenvalue weighted by atomic mass is 9.96. The second-order valence-electron chi connectivity index (χ2n) is 7.65. The number of halogens is 1. The maximum absolute atomic E-state index is 13.2. The molecule has 3 heterocycles. The van der Waals surface area contributed by atoms with Gasteiger partial charge in [-0.15, -0.1) is 5.10 Å². The fourth-order valence-corrected chi connectivity index (χ4v) is 3.63. The summed E-state index contributed by atoms with van der Waals surface area (Å²) in [5, 5.41) is 7.16. The van der Waals surface area contributed by atoms with Gasteiger partial charge in [-0.3, -0.25) is 9.59 Å². The molecule has 1 N–H and O–H groups in total. The minimum atomic E-state index is -0.345. The van der Waals surface area contributed by atoms with Gasteiger partial charge in [0.15, 0.2) is 0 Å². The van der Waals surface area contributed by atoms with Crippen LogP contribution in [-0.4, -0.2) is 49.6 Å². The zero-order valence-electron chi connectivity index (χ0n) is 17.4. The van der Waals surface area contributed by atoms with E-state index in [9.17, 15) is 14.0 Å². The molecule has 1 saturated heterocycles. The van der Waals surface area contributed by atoms with Crippen LogP contribution >= 0.6 is 0 Å². The Morgan fingerprint density at radius 2 is 1.81 bits per heavy atom. The number of benzene rings is 1. The number of anilines is 1. The van der Waals surface area contributed by atoms with Crippen LogP contribution in [0.5, 0.6) is 0 Å². The summed E-state index contributed by atoms with van der Waals surface area (Å²) in [6.45, 7) is 4.57. The molecule has 0 bridgehead atoms. The summed E-state index contributed by atoms with van der Waals surface area (Å²) in [6, 6.07) is 9.52. The average molecular weight is 422 g/mol. The molecule has 160 valence electrons. The van der Waals surface area contributed by atoms with Crippen molar-refractivity contribution in [2.24, 2.45) is 5.92 Å². The number of carbonyl (C=O) groups is 2. The highest BCUT2D eigenvalue weighted by molar-refractivity contribution is 5.93. The molecule has 1 fully saturated rings. The van der Waals surface area contributed by atoms with E-state index in [1.54, 1.807) is 30.2 Å². The van der Waals surface area contributed by atoms with Gasteiger partial charge in [0, 0.05) is 25.2 Å². The number of nitrogens with one attached hydrogen (secondary N) is 1. The summed E-state index contributed by atoms with van der Waals surface area (Å²) < 4.78 is 14.7. The molecule has 0 saturated carbocycles. The lowest BCUT2D eigenvalue weighted by Gasteiger charge is -2.30. The number of amides is 2. The van der Waals surface area contributed by atoms with Crippen LogP contribution in [0.4, 0.5) is 10.2 Å². The van der Waals surface area contributed by atoms with Gasteiger partial charge in [0.25, 0.3) is 5.91 Å². The van der Waals surface area contributed by atoms with Crippen molar-refractivity contribution >= 4 is 17.6 Å². The number of rotatable bonds is 4. The summed E-state index contributed by atoms with van der Waals surface area (Å²) in [5.41, 5.74) is 1.65. The lowest BCUT2D eigenvalue weighted by Crippen LogP contribution is -2.42. The fourth-order valence-electron chi connectivity index (χ4n) is 3.63. The number of hydrogen-bond donors (Lipinski definition) is 1. The molecule has 8 nitrogen and oxygen atoms in total. The van der Waals surface area contributed by atoms with E-state index in [1.807, 2.05) is 19.1 Å². The van der Waals surface area contributed by atoms with Gasteiger partial charge in [0.1, 0.15) is 17.5 Å². The van der Waals surface area contributed by atoms with E-state index in [-0.39, 0.29) is 29.4 Å². The number of carbonyl (C=O) groups excluding carboxylic acids is 2. The Hall–Kier alpha value is -3.62. The van der Waals surface area contributed by atoms with Crippen molar-refractivity contribution in [1.82, 2.24) is 24.6 Å². The first-order valence-electron chi connectivity index (χ1n) is 10.1. The quantitative estimate of drug-likeness (QED) is 0.698. The number of nitrogens with zero attached hydrogens (tertiary/aromatic N) is 5. The van der Waals surface area contributed by atoms with E-state index in [0.717, 1.165) is 5.56 Å². The van der Waals surface area contributed by atoms with Crippen molar-refractivity contribution < 1.29 is 14.0 Å². The van der Waals surface area contributed by atoms with Crippen LogP contribution in [0.2, 0.25) is 0 Å². The fraction of sp³-hybridized carbons (Fsp3) is 0.318. The molecular weight excluding hydrogens is 399 g/mol. The standard InChI is InChI=1S/C22H23FN6O2/c1-14-7-10-24-19(13-14)26-21(30)16-8-11-28(12-9-16)22(31)20-25-15(2)29(27-20)18-5-3-17(23)4-6-18/h3-7,10,13,16H,8-9,11-12H2,1-2H3,(H,24,26,30). The van der Waals surface area contributed by atoms with Crippen molar-refractivity contribution in [3.05, 3.63) is 65.6 Å². The minimum absolute atomic E-state index is 0.0836. The van der Waals surface area contributed by atoms with Crippen molar-refractivity contribution in [3.8, 4) is 5.69 Å². The van der Waals surface area contributed by atoms with E-state index in [1.165, 1.54) is 16.8 Å². The molecule has 0 unspecified atom stereocenters. The van der Waals surface area contributed by atoms with Gasteiger partial charge >= 0.3 is 0 Å². The molecule has 3 aromatic rings. The first-order chi connectivity index (χ1) is 14.9. The monoisotopic (exact) mass is 422 g/mol. The molecular formula is C22H23FN6O2. The molecule has 0 aliphatic carbocycles. The molecule has 1 aliphatic heterocycles. The Balaban J connectivity index is 1.38. The van der Waals surface area contributed by atoms with Crippen LogP contribution in [0.1, 0.15) is 34.8 Å². The second-order valence-corrected chi connectivity index (χ2v) is 7.65. The van der Waals surface area contributed by atoms with Gasteiger partial charge in [-0.1, -0.05) is 0 Å². The molecule has 2 amide bonds. The van der Waals surface area contributed by atoms with Crippen molar-refractivity contribution in [2.75, 3.05) is 18.4 Å². The molecule has 1 aliphatic rings. The first kappa shape index (κ1) is 20.6. The highest BCUT2D eigenvalue weighted by Gasteiger charge is 2.30. The topological polar surface area (TPSA) is 93.0 Å². The predicted octanol–water partition coefficient (Wildman–Crippen LogP) is 2.91. The van der Waals surface area contributed by atoms with E-state index in [4.69, 9.17) is 0 Å². The van der Waals surface area contributed by atoms with Crippen LogP contribution in [0.25, 0.3) is 5.69 Å². The Morgan fingerprint density at radius 3 is 2.48 bits per heavy atom. The number of aryl methyl sites for hydroxylation is 2. The number of hydrogen-bond acceptors (Lipinski definition) is 5. The molecule has 2 aromatic heterocycles. The van der Waals surface area contributed by atoms with Crippen LogP contribution in [0.3, 0.4) is 0 Å². The molecule has 4 rings (SSSR count).